The Labute approximate surface area is 193 Å². The Morgan fingerprint density at radius 2 is 1.29 bits per heavy atom. The molecule has 0 spiro atoms. The number of rotatable bonds is 2. The van der Waals surface area contributed by atoms with E-state index in [1.54, 1.807) is 0 Å². The van der Waals surface area contributed by atoms with Crippen LogP contribution in [0.15, 0.2) is 34.3 Å². The van der Waals surface area contributed by atoms with E-state index in [0.717, 1.165) is 0 Å². The molecule has 0 N–H and O–H groups in total. The number of hydrogen-bond donors (Lipinski definition) is 0. The van der Waals surface area contributed by atoms with Crippen molar-refractivity contribution < 1.29 is 19.2 Å². The number of hydrogen-bond acceptors (Lipinski definition) is 4. The summed E-state index contributed by atoms with van der Waals surface area (Å²) in [4.78, 5) is 39.2. The third-order valence-corrected chi connectivity index (χ3v) is 9.63. The number of hydroxylamine groups is 2. The number of benzene rings is 1. The van der Waals surface area contributed by atoms with Crippen molar-refractivity contribution in [2.45, 2.75) is 14.1 Å². The van der Waals surface area contributed by atoms with Crippen LogP contribution >= 0.6 is 81.2 Å². The van der Waals surface area contributed by atoms with E-state index < -0.39 is 43.7 Å². The molecule has 1 aromatic carbocycles. The van der Waals surface area contributed by atoms with Crippen LogP contribution in [0.4, 0.5) is 0 Å². The van der Waals surface area contributed by atoms with Gasteiger partial charge in [-0.15, -0.1) is 28.3 Å². The number of imide groups is 1. The molecule has 2 bridgehead atoms. The summed E-state index contributed by atoms with van der Waals surface area (Å²) in [6.45, 7) is 0. The van der Waals surface area contributed by atoms with E-state index in [2.05, 4.69) is 0 Å². The van der Waals surface area contributed by atoms with Gasteiger partial charge in [0.1, 0.15) is 9.75 Å². The second-order valence-electron chi connectivity index (χ2n) is 6.44. The Morgan fingerprint density at radius 1 is 0.857 bits per heavy atom. The van der Waals surface area contributed by atoms with E-state index in [1.807, 2.05) is 0 Å². The standard InChI is InChI=1S/C16H6Cl7NO4/c17-6-3-1-5(2-4-6)13(27)28-24-11(25)7-8(12(24)26)15(21)10(19)9(18)14(7,20)16(15,22)23/h1-4,7-8H/t7-,8+,14-,15-/m0/s1. The summed E-state index contributed by atoms with van der Waals surface area (Å²) in [6, 6.07) is 5.62. The fourth-order valence-corrected chi connectivity index (χ4v) is 6.84. The van der Waals surface area contributed by atoms with Crippen molar-refractivity contribution in [3.63, 3.8) is 0 Å². The Morgan fingerprint density at radius 3 is 1.71 bits per heavy atom. The van der Waals surface area contributed by atoms with Crippen LogP contribution in [-0.2, 0) is 14.4 Å². The Balaban J connectivity index is 1.71. The highest BCUT2D eigenvalue weighted by molar-refractivity contribution is 6.66. The van der Waals surface area contributed by atoms with Crippen LogP contribution in [0, 0.1) is 11.8 Å². The molecule has 1 aromatic rings. The molecule has 12 heteroatoms. The number of allylic oxidation sites excluding steroid dienone is 2. The topological polar surface area (TPSA) is 63.7 Å². The van der Waals surface area contributed by atoms with E-state index in [0.29, 0.717) is 10.1 Å². The first-order valence-corrected chi connectivity index (χ1v) is 10.2. The molecule has 4 rings (SSSR count). The fraction of sp³-hybridized carbons (Fsp3) is 0.312. The van der Waals surface area contributed by atoms with E-state index in [-0.39, 0.29) is 15.6 Å². The molecular formula is C16H6Cl7NO4. The van der Waals surface area contributed by atoms with Gasteiger partial charge in [0.05, 0.1) is 27.5 Å². The first-order valence-electron chi connectivity index (χ1n) is 7.58. The lowest BCUT2D eigenvalue weighted by Gasteiger charge is -2.34. The van der Waals surface area contributed by atoms with Gasteiger partial charge in [0.2, 0.25) is 0 Å². The second kappa shape index (κ2) is 6.30. The lowest BCUT2D eigenvalue weighted by atomic mass is 9.84. The Kier molecular flexibility index (Phi) is 4.69. The summed E-state index contributed by atoms with van der Waals surface area (Å²) in [7, 11) is 0. The van der Waals surface area contributed by atoms with Crippen molar-refractivity contribution >= 4 is 99.0 Å². The molecule has 2 fully saturated rings. The van der Waals surface area contributed by atoms with Gasteiger partial charge in [-0.3, -0.25) is 9.59 Å². The molecule has 0 radical (unpaired) electrons. The van der Waals surface area contributed by atoms with Gasteiger partial charge in [-0.25, -0.2) is 4.79 Å². The van der Waals surface area contributed by atoms with Gasteiger partial charge < -0.3 is 4.84 Å². The molecule has 0 aromatic heterocycles. The molecule has 4 atom stereocenters. The van der Waals surface area contributed by atoms with Gasteiger partial charge in [0, 0.05) is 5.02 Å². The van der Waals surface area contributed by atoms with Gasteiger partial charge in [0.15, 0.2) is 4.33 Å². The second-order valence-corrected chi connectivity index (χ2v) is 10.1. The predicted octanol–water partition coefficient (Wildman–Crippen LogP) is 4.86. The van der Waals surface area contributed by atoms with Gasteiger partial charge >= 0.3 is 5.97 Å². The largest absolute Gasteiger partial charge is 0.363 e. The quantitative estimate of drug-likeness (QED) is 0.410. The lowest BCUT2D eigenvalue weighted by Crippen LogP contribution is -2.50. The minimum absolute atomic E-state index is 0.0597. The number of nitrogens with zero attached hydrogens (tertiary/aromatic N) is 1. The molecule has 28 heavy (non-hydrogen) atoms. The maximum absolute atomic E-state index is 12.9. The molecule has 3 aliphatic rings. The summed E-state index contributed by atoms with van der Waals surface area (Å²) in [5.74, 6) is -5.62. The van der Waals surface area contributed by atoms with E-state index in [4.69, 9.17) is 86.0 Å². The van der Waals surface area contributed by atoms with Crippen molar-refractivity contribution in [3.8, 4) is 0 Å². The molecule has 0 unspecified atom stereocenters. The average molecular weight is 524 g/mol. The zero-order chi connectivity index (χ0) is 20.8. The molecule has 1 saturated carbocycles. The summed E-state index contributed by atoms with van der Waals surface area (Å²) in [5, 5.41) is 0.219. The maximum Gasteiger partial charge on any atom is 0.363 e. The van der Waals surface area contributed by atoms with Crippen LogP contribution in [0.25, 0.3) is 0 Å². The summed E-state index contributed by atoms with van der Waals surface area (Å²) in [6.07, 6.45) is 0. The average Bonchev–Trinajstić information content (AvgIpc) is 3.01. The Hall–Kier alpha value is -0.400. The van der Waals surface area contributed by atoms with Gasteiger partial charge in [-0.2, -0.15) is 0 Å². The van der Waals surface area contributed by atoms with Crippen LogP contribution in [0.3, 0.4) is 0 Å². The van der Waals surface area contributed by atoms with Gasteiger partial charge in [-0.1, -0.05) is 58.0 Å². The highest BCUT2D eigenvalue weighted by atomic mass is 35.5. The number of fused-ring (bicyclic) bond motifs is 5. The van der Waals surface area contributed by atoms with Crippen LogP contribution in [0.1, 0.15) is 10.4 Å². The minimum Gasteiger partial charge on any atom is -0.325 e. The van der Waals surface area contributed by atoms with Crippen molar-refractivity contribution in [1.29, 1.82) is 0 Å². The third-order valence-electron chi connectivity index (χ3n) is 5.12. The number of alkyl halides is 4. The molecule has 148 valence electrons. The molecule has 1 aliphatic heterocycles. The van der Waals surface area contributed by atoms with Gasteiger partial charge in [-0.05, 0) is 24.3 Å². The lowest BCUT2D eigenvalue weighted by molar-refractivity contribution is -0.175. The molecule has 2 amide bonds. The molecule has 5 nitrogen and oxygen atoms in total. The maximum atomic E-state index is 12.9. The Bertz CT molecular complexity index is 932. The summed E-state index contributed by atoms with van der Waals surface area (Å²) >= 11 is 43.9. The zero-order valence-electron chi connectivity index (χ0n) is 13.2. The van der Waals surface area contributed by atoms with Crippen LogP contribution in [0.5, 0.6) is 0 Å². The summed E-state index contributed by atoms with van der Waals surface area (Å²) in [5.41, 5.74) is 0.0597. The van der Waals surface area contributed by atoms with E-state index in [1.165, 1.54) is 24.3 Å². The number of carbonyl (C=O) groups excluding carboxylic acids is 3. The van der Waals surface area contributed by atoms with Crippen LogP contribution < -0.4 is 0 Å². The molecular weight excluding hydrogens is 518 g/mol. The van der Waals surface area contributed by atoms with Crippen molar-refractivity contribution in [2.24, 2.45) is 11.8 Å². The van der Waals surface area contributed by atoms with E-state index in [9.17, 15) is 14.4 Å². The predicted molar refractivity (Wildman–Crippen MR) is 106 cm³/mol. The fourth-order valence-electron chi connectivity index (χ4n) is 3.78. The van der Waals surface area contributed by atoms with E-state index >= 15 is 0 Å². The SMILES string of the molecule is O=C(ON1C(=O)[C@@H]2[C@H](C1=O)[C@]1(Cl)C(Cl)=C(Cl)[C@]2(Cl)C1(Cl)Cl)c1ccc(Cl)cc1. The normalized spacial score (nSPS) is 35.6. The molecule has 2 aliphatic carbocycles. The third kappa shape index (κ3) is 2.22. The van der Waals surface area contributed by atoms with Crippen LogP contribution in [0.2, 0.25) is 5.02 Å². The van der Waals surface area contributed by atoms with Gasteiger partial charge in [0.25, 0.3) is 11.8 Å². The first-order chi connectivity index (χ1) is 12.9. The number of halogens is 7. The number of amides is 2. The molecule has 1 saturated heterocycles. The first kappa shape index (κ1) is 20.9. The van der Waals surface area contributed by atoms with Crippen molar-refractivity contribution in [2.75, 3.05) is 0 Å². The van der Waals surface area contributed by atoms with Crippen molar-refractivity contribution in [1.82, 2.24) is 5.06 Å². The minimum atomic E-state index is -2.05. The highest BCUT2D eigenvalue weighted by Crippen LogP contribution is 2.77. The monoisotopic (exact) mass is 521 g/mol. The van der Waals surface area contributed by atoms with Crippen molar-refractivity contribution in [3.05, 3.63) is 44.9 Å². The summed E-state index contributed by atoms with van der Waals surface area (Å²) < 4.78 is -2.05. The molecule has 1 heterocycles. The number of carbonyl (C=O) groups is 3. The van der Waals surface area contributed by atoms with Crippen LogP contribution in [-0.4, -0.2) is 36.9 Å². The smallest absolute Gasteiger partial charge is 0.325 e. The zero-order valence-corrected chi connectivity index (χ0v) is 18.5. The highest BCUT2D eigenvalue weighted by Gasteiger charge is 2.88.